The molecule has 0 spiro atoms. The average molecular weight is 226 g/mol. The number of piperidine rings is 1. The van der Waals surface area contributed by atoms with Crippen molar-refractivity contribution >= 4 is 0 Å². The van der Waals surface area contributed by atoms with Crippen molar-refractivity contribution in [3.05, 3.63) is 0 Å². The van der Waals surface area contributed by atoms with Crippen molar-refractivity contribution < 1.29 is 0 Å². The fraction of sp³-hybridized carbons (Fsp3) is 1.00. The maximum atomic E-state index is 3.47. The van der Waals surface area contributed by atoms with Crippen molar-refractivity contribution in [3.63, 3.8) is 0 Å². The Kier molecular flexibility index (Phi) is 6.37. The van der Waals surface area contributed by atoms with Gasteiger partial charge in [0.2, 0.25) is 0 Å². The summed E-state index contributed by atoms with van der Waals surface area (Å²) < 4.78 is 0. The molecule has 1 aliphatic heterocycles. The van der Waals surface area contributed by atoms with Gasteiger partial charge in [0.05, 0.1) is 0 Å². The van der Waals surface area contributed by atoms with Crippen LogP contribution in [0.5, 0.6) is 0 Å². The zero-order valence-electron chi connectivity index (χ0n) is 11.6. The summed E-state index contributed by atoms with van der Waals surface area (Å²) in [4.78, 5) is 2.76. The van der Waals surface area contributed by atoms with Crippen LogP contribution in [0, 0.1) is 0 Å². The average Bonchev–Trinajstić information content (AvgIpc) is 2.31. The molecule has 0 aliphatic carbocycles. The smallest absolute Gasteiger partial charge is 0.0223 e. The molecule has 2 heteroatoms. The van der Waals surface area contributed by atoms with Gasteiger partial charge in [-0.05, 0) is 46.2 Å². The van der Waals surface area contributed by atoms with Gasteiger partial charge >= 0.3 is 0 Å². The molecule has 1 aliphatic rings. The van der Waals surface area contributed by atoms with Crippen LogP contribution in [-0.4, -0.2) is 36.6 Å². The lowest BCUT2D eigenvalue weighted by Crippen LogP contribution is -2.53. The van der Waals surface area contributed by atoms with Gasteiger partial charge in [0.15, 0.2) is 0 Å². The maximum absolute atomic E-state index is 3.47. The van der Waals surface area contributed by atoms with E-state index in [1.54, 1.807) is 0 Å². The van der Waals surface area contributed by atoms with E-state index in [-0.39, 0.29) is 0 Å². The zero-order chi connectivity index (χ0) is 12.0. The van der Waals surface area contributed by atoms with E-state index in [9.17, 15) is 0 Å². The Morgan fingerprint density at radius 2 is 2.06 bits per heavy atom. The number of likely N-dealkylation sites (N-methyl/N-ethyl adjacent to an activating group) is 1. The summed E-state index contributed by atoms with van der Waals surface area (Å²) in [6.07, 6.45) is 8.18. The summed E-state index contributed by atoms with van der Waals surface area (Å²) in [6, 6.07) is 2.18. The van der Waals surface area contributed by atoms with Crippen molar-refractivity contribution in [1.29, 1.82) is 0 Å². The summed E-state index contributed by atoms with van der Waals surface area (Å²) in [5.74, 6) is 0. The summed E-state index contributed by atoms with van der Waals surface area (Å²) in [6.45, 7) is 8.31. The van der Waals surface area contributed by atoms with Crippen LogP contribution in [0.25, 0.3) is 0 Å². The standard InChI is InChI=1S/C14H30N2/c1-5-9-13-10-7-8-11-16(13)12(3)14(6-2)15-4/h12-15H,5-11H2,1-4H3. The van der Waals surface area contributed by atoms with E-state index >= 15 is 0 Å². The van der Waals surface area contributed by atoms with E-state index in [1.807, 2.05) is 0 Å². The molecular weight excluding hydrogens is 196 g/mol. The lowest BCUT2D eigenvalue weighted by molar-refractivity contribution is 0.0761. The second kappa shape index (κ2) is 7.29. The molecule has 0 radical (unpaired) electrons. The van der Waals surface area contributed by atoms with E-state index in [0.717, 1.165) is 6.04 Å². The van der Waals surface area contributed by atoms with Gasteiger partial charge in [-0.3, -0.25) is 4.90 Å². The molecule has 0 aromatic carbocycles. The second-order valence-electron chi connectivity index (χ2n) is 5.22. The highest BCUT2D eigenvalue weighted by Crippen LogP contribution is 2.24. The molecule has 0 aromatic heterocycles. The van der Waals surface area contributed by atoms with Gasteiger partial charge < -0.3 is 5.32 Å². The van der Waals surface area contributed by atoms with Crippen LogP contribution >= 0.6 is 0 Å². The molecule has 3 unspecified atom stereocenters. The van der Waals surface area contributed by atoms with E-state index in [2.05, 4.69) is 38.0 Å². The molecule has 1 fully saturated rings. The first kappa shape index (κ1) is 14.0. The fourth-order valence-corrected chi connectivity index (χ4v) is 3.22. The first-order chi connectivity index (χ1) is 7.74. The van der Waals surface area contributed by atoms with Gasteiger partial charge in [-0.25, -0.2) is 0 Å². The van der Waals surface area contributed by atoms with E-state index in [0.29, 0.717) is 12.1 Å². The van der Waals surface area contributed by atoms with E-state index in [4.69, 9.17) is 0 Å². The highest BCUT2D eigenvalue weighted by Gasteiger charge is 2.28. The third kappa shape index (κ3) is 3.46. The number of likely N-dealkylation sites (tertiary alicyclic amines) is 1. The molecular formula is C14H30N2. The van der Waals surface area contributed by atoms with Crippen LogP contribution in [0.2, 0.25) is 0 Å². The zero-order valence-corrected chi connectivity index (χ0v) is 11.6. The minimum absolute atomic E-state index is 0.650. The van der Waals surface area contributed by atoms with Crippen molar-refractivity contribution in [1.82, 2.24) is 10.2 Å². The third-order valence-electron chi connectivity index (χ3n) is 4.21. The second-order valence-corrected chi connectivity index (χ2v) is 5.22. The highest BCUT2D eigenvalue weighted by atomic mass is 15.2. The minimum Gasteiger partial charge on any atom is -0.315 e. The van der Waals surface area contributed by atoms with Gasteiger partial charge in [-0.2, -0.15) is 0 Å². The van der Waals surface area contributed by atoms with Crippen molar-refractivity contribution in [2.24, 2.45) is 0 Å². The molecule has 1 saturated heterocycles. The van der Waals surface area contributed by atoms with E-state index in [1.165, 1.54) is 45.1 Å². The Labute approximate surface area is 102 Å². The monoisotopic (exact) mass is 226 g/mol. The molecule has 0 saturated carbocycles. The number of rotatable bonds is 6. The van der Waals surface area contributed by atoms with Crippen molar-refractivity contribution in [2.75, 3.05) is 13.6 Å². The van der Waals surface area contributed by atoms with Crippen LogP contribution in [0.1, 0.15) is 59.3 Å². The Bertz CT molecular complexity index is 176. The van der Waals surface area contributed by atoms with Gasteiger partial charge in [-0.15, -0.1) is 0 Å². The Balaban J connectivity index is 2.58. The molecule has 16 heavy (non-hydrogen) atoms. The molecule has 1 N–H and O–H groups in total. The van der Waals surface area contributed by atoms with Crippen LogP contribution in [0.4, 0.5) is 0 Å². The maximum Gasteiger partial charge on any atom is 0.0223 e. The van der Waals surface area contributed by atoms with Gasteiger partial charge in [0.1, 0.15) is 0 Å². The first-order valence-electron chi connectivity index (χ1n) is 7.17. The van der Waals surface area contributed by atoms with Crippen molar-refractivity contribution in [2.45, 2.75) is 77.4 Å². The summed E-state index contributed by atoms with van der Waals surface area (Å²) in [7, 11) is 2.10. The van der Waals surface area contributed by atoms with Gasteiger partial charge in [0, 0.05) is 18.1 Å². The van der Waals surface area contributed by atoms with Crippen LogP contribution in [-0.2, 0) is 0 Å². The molecule has 2 nitrogen and oxygen atoms in total. The van der Waals surface area contributed by atoms with Crippen LogP contribution < -0.4 is 5.32 Å². The molecule has 1 rings (SSSR count). The SMILES string of the molecule is CCCC1CCCCN1C(C)C(CC)NC. The normalized spacial score (nSPS) is 26.6. The number of hydrogen-bond donors (Lipinski definition) is 1. The molecule has 0 amide bonds. The number of nitrogens with zero attached hydrogens (tertiary/aromatic N) is 1. The topological polar surface area (TPSA) is 15.3 Å². The highest BCUT2D eigenvalue weighted by molar-refractivity contribution is 4.86. The quantitative estimate of drug-likeness (QED) is 0.749. The van der Waals surface area contributed by atoms with Gasteiger partial charge in [-0.1, -0.05) is 26.7 Å². The summed E-state index contributed by atoms with van der Waals surface area (Å²) in [5.41, 5.74) is 0. The number of nitrogens with one attached hydrogen (secondary N) is 1. The van der Waals surface area contributed by atoms with Crippen molar-refractivity contribution in [3.8, 4) is 0 Å². The molecule has 0 bridgehead atoms. The minimum atomic E-state index is 0.650. The van der Waals surface area contributed by atoms with E-state index < -0.39 is 0 Å². The number of hydrogen-bond acceptors (Lipinski definition) is 2. The molecule has 96 valence electrons. The fourth-order valence-electron chi connectivity index (χ4n) is 3.22. The predicted octanol–water partition coefficient (Wildman–Crippen LogP) is 3.03. The molecule has 0 aromatic rings. The lowest BCUT2D eigenvalue weighted by atomic mass is 9.94. The Hall–Kier alpha value is -0.0800. The predicted molar refractivity (Wildman–Crippen MR) is 71.9 cm³/mol. The Morgan fingerprint density at radius 3 is 2.62 bits per heavy atom. The van der Waals surface area contributed by atoms with Crippen LogP contribution in [0.15, 0.2) is 0 Å². The lowest BCUT2D eigenvalue weighted by Gasteiger charge is -2.42. The summed E-state index contributed by atoms with van der Waals surface area (Å²) >= 11 is 0. The summed E-state index contributed by atoms with van der Waals surface area (Å²) in [5, 5.41) is 3.47. The molecule has 3 atom stereocenters. The largest absolute Gasteiger partial charge is 0.315 e. The third-order valence-corrected chi connectivity index (χ3v) is 4.21. The first-order valence-corrected chi connectivity index (χ1v) is 7.17. The van der Waals surface area contributed by atoms with Crippen LogP contribution in [0.3, 0.4) is 0 Å². The Morgan fingerprint density at radius 1 is 1.31 bits per heavy atom. The molecule has 1 heterocycles. The van der Waals surface area contributed by atoms with Gasteiger partial charge in [0.25, 0.3) is 0 Å².